The number of hydrazone groups is 1. The van der Waals surface area contributed by atoms with Gasteiger partial charge in [-0.05, 0) is 36.0 Å². The molecule has 0 amide bonds. The summed E-state index contributed by atoms with van der Waals surface area (Å²) in [6.07, 6.45) is 0. The van der Waals surface area contributed by atoms with Crippen LogP contribution in [0.2, 0.25) is 0 Å². The van der Waals surface area contributed by atoms with Crippen LogP contribution in [0.5, 0.6) is 0 Å². The number of nitrogens with zero attached hydrogens (tertiary/aromatic N) is 1. The van der Waals surface area contributed by atoms with Crippen LogP contribution in [-0.2, 0) is 5.41 Å². The highest BCUT2D eigenvalue weighted by Crippen LogP contribution is 2.29. The van der Waals surface area contributed by atoms with Gasteiger partial charge in [-0.25, -0.2) is 0 Å². The van der Waals surface area contributed by atoms with Gasteiger partial charge in [0.1, 0.15) is 0 Å². The average Bonchev–Trinajstić information content (AvgIpc) is 2.09. The standard InChI is InChI=1S/C13H20N2/c1-9-7-11(13(3,4)5)8-10(2)12(9)15-14-6/h7-8,15H,6H2,1-5H3. The normalized spacial score (nSPS) is 11.3. The molecule has 0 atom stereocenters. The molecule has 82 valence electrons. The van der Waals surface area contributed by atoms with Crippen molar-refractivity contribution in [2.75, 3.05) is 5.43 Å². The first-order valence-electron chi connectivity index (χ1n) is 5.19. The maximum Gasteiger partial charge on any atom is 0.0620 e. The van der Waals surface area contributed by atoms with E-state index in [1.54, 1.807) is 0 Å². The summed E-state index contributed by atoms with van der Waals surface area (Å²) < 4.78 is 0. The lowest BCUT2D eigenvalue weighted by molar-refractivity contribution is 0.589. The van der Waals surface area contributed by atoms with Crippen molar-refractivity contribution in [3.8, 4) is 0 Å². The number of nitrogens with one attached hydrogen (secondary N) is 1. The van der Waals surface area contributed by atoms with E-state index in [0.717, 1.165) is 5.69 Å². The predicted molar refractivity (Wildman–Crippen MR) is 67.8 cm³/mol. The number of hydrogen-bond acceptors (Lipinski definition) is 2. The van der Waals surface area contributed by atoms with Crippen LogP contribution >= 0.6 is 0 Å². The molecule has 0 radical (unpaired) electrons. The molecular weight excluding hydrogens is 184 g/mol. The summed E-state index contributed by atoms with van der Waals surface area (Å²) in [5.74, 6) is 0. The molecule has 0 aromatic heterocycles. The molecule has 0 heterocycles. The second-order valence-electron chi connectivity index (χ2n) is 5.00. The SMILES string of the molecule is C=NNc1c(C)cc(C(C)(C)C)cc1C. The van der Waals surface area contributed by atoms with Crippen LogP contribution in [0, 0.1) is 13.8 Å². The fourth-order valence-electron chi connectivity index (χ4n) is 1.65. The molecule has 0 saturated heterocycles. The first-order valence-corrected chi connectivity index (χ1v) is 5.19. The van der Waals surface area contributed by atoms with E-state index < -0.39 is 0 Å². The Kier molecular flexibility index (Phi) is 3.18. The molecular formula is C13H20N2. The van der Waals surface area contributed by atoms with Gasteiger partial charge >= 0.3 is 0 Å². The summed E-state index contributed by atoms with van der Waals surface area (Å²) in [5, 5.41) is 3.72. The predicted octanol–water partition coefficient (Wildman–Crippen LogP) is 3.63. The molecule has 0 aliphatic carbocycles. The Labute approximate surface area is 92.4 Å². The number of hydrogen-bond donors (Lipinski definition) is 1. The van der Waals surface area contributed by atoms with Crippen LogP contribution < -0.4 is 5.43 Å². The zero-order valence-electron chi connectivity index (χ0n) is 10.3. The van der Waals surface area contributed by atoms with E-state index in [2.05, 4.69) is 64.0 Å². The van der Waals surface area contributed by atoms with Crippen LogP contribution in [0.4, 0.5) is 5.69 Å². The van der Waals surface area contributed by atoms with Gasteiger partial charge in [0.15, 0.2) is 0 Å². The van der Waals surface area contributed by atoms with Gasteiger partial charge in [0.05, 0.1) is 5.69 Å². The first-order chi connectivity index (χ1) is 6.86. The van der Waals surface area contributed by atoms with Crippen molar-refractivity contribution in [1.29, 1.82) is 0 Å². The van der Waals surface area contributed by atoms with Crippen molar-refractivity contribution >= 4 is 12.4 Å². The van der Waals surface area contributed by atoms with Crippen molar-refractivity contribution in [3.63, 3.8) is 0 Å². The minimum Gasteiger partial charge on any atom is -0.279 e. The molecule has 1 aromatic carbocycles. The van der Waals surface area contributed by atoms with Gasteiger partial charge in [-0.1, -0.05) is 32.9 Å². The van der Waals surface area contributed by atoms with Crippen molar-refractivity contribution in [2.45, 2.75) is 40.0 Å². The minimum absolute atomic E-state index is 0.190. The van der Waals surface area contributed by atoms with Gasteiger partial charge in [-0.15, -0.1) is 0 Å². The van der Waals surface area contributed by atoms with Gasteiger partial charge in [0.2, 0.25) is 0 Å². The van der Waals surface area contributed by atoms with E-state index in [1.165, 1.54) is 16.7 Å². The van der Waals surface area contributed by atoms with Crippen molar-refractivity contribution in [3.05, 3.63) is 28.8 Å². The highest BCUT2D eigenvalue weighted by Gasteiger charge is 2.15. The zero-order valence-corrected chi connectivity index (χ0v) is 10.3. The number of benzene rings is 1. The van der Waals surface area contributed by atoms with Crippen LogP contribution in [0.3, 0.4) is 0 Å². The van der Waals surface area contributed by atoms with Crippen molar-refractivity contribution in [1.82, 2.24) is 0 Å². The van der Waals surface area contributed by atoms with Gasteiger partial charge in [0, 0.05) is 6.72 Å². The minimum atomic E-state index is 0.190. The van der Waals surface area contributed by atoms with E-state index in [-0.39, 0.29) is 5.41 Å². The molecule has 1 aromatic rings. The molecule has 2 heteroatoms. The van der Waals surface area contributed by atoms with Gasteiger partial charge in [0.25, 0.3) is 0 Å². The van der Waals surface area contributed by atoms with E-state index in [1.807, 2.05) is 0 Å². The van der Waals surface area contributed by atoms with E-state index in [9.17, 15) is 0 Å². The summed E-state index contributed by atoms with van der Waals surface area (Å²) in [6.45, 7) is 14.3. The Morgan fingerprint density at radius 2 is 1.60 bits per heavy atom. The number of anilines is 1. The van der Waals surface area contributed by atoms with Crippen LogP contribution in [0.25, 0.3) is 0 Å². The monoisotopic (exact) mass is 204 g/mol. The fraction of sp³-hybridized carbons (Fsp3) is 0.462. The third-order valence-corrected chi connectivity index (χ3v) is 2.59. The third kappa shape index (κ3) is 2.58. The van der Waals surface area contributed by atoms with Crippen molar-refractivity contribution in [2.24, 2.45) is 5.10 Å². The Morgan fingerprint density at radius 1 is 1.13 bits per heavy atom. The lowest BCUT2D eigenvalue weighted by atomic mass is 9.85. The van der Waals surface area contributed by atoms with E-state index in [0.29, 0.717) is 0 Å². The summed E-state index contributed by atoms with van der Waals surface area (Å²) in [5.41, 5.74) is 7.98. The van der Waals surface area contributed by atoms with Crippen LogP contribution in [0.1, 0.15) is 37.5 Å². The summed E-state index contributed by atoms with van der Waals surface area (Å²) >= 11 is 0. The molecule has 0 bridgehead atoms. The lowest BCUT2D eigenvalue weighted by Gasteiger charge is -2.22. The number of aryl methyl sites for hydroxylation is 2. The Balaban J connectivity index is 3.25. The summed E-state index contributed by atoms with van der Waals surface area (Å²) in [6, 6.07) is 4.42. The first kappa shape index (κ1) is 11.8. The maximum absolute atomic E-state index is 3.72. The smallest absolute Gasteiger partial charge is 0.0620 e. The molecule has 0 aliphatic rings. The van der Waals surface area contributed by atoms with E-state index in [4.69, 9.17) is 0 Å². The Morgan fingerprint density at radius 3 is 1.93 bits per heavy atom. The lowest BCUT2D eigenvalue weighted by Crippen LogP contribution is -2.12. The molecule has 0 spiro atoms. The fourth-order valence-corrected chi connectivity index (χ4v) is 1.65. The highest BCUT2D eigenvalue weighted by molar-refractivity contribution is 5.59. The van der Waals surface area contributed by atoms with E-state index >= 15 is 0 Å². The van der Waals surface area contributed by atoms with Gasteiger partial charge < -0.3 is 0 Å². The number of rotatable bonds is 2. The highest BCUT2D eigenvalue weighted by atomic mass is 15.3. The summed E-state index contributed by atoms with van der Waals surface area (Å²) in [4.78, 5) is 0. The molecule has 0 fully saturated rings. The largest absolute Gasteiger partial charge is 0.279 e. The topological polar surface area (TPSA) is 24.4 Å². The molecule has 1 rings (SSSR count). The van der Waals surface area contributed by atoms with Gasteiger partial charge in [-0.2, -0.15) is 5.10 Å². The molecule has 1 N–H and O–H groups in total. The van der Waals surface area contributed by atoms with Crippen molar-refractivity contribution < 1.29 is 0 Å². The Bertz CT molecular complexity index is 350. The second-order valence-corrected chi connectivity index (χ2v) is 5.00. The van der Waals surface area contributed by atoms with Crippen LogP contribution in [0.15, 0.2) is 17.2 Å². The third-order valence-electron chi connectivity index (χ3n) is 2.59. The summed E-state index contributed by atoms with van der Waals surface area (Å²) in [7, 11) is 0. The molecule has 0 unspecified atom stereocenters. The van der Waals surface area contributed by atoms with Crippen LogP contribution in [-0.4, -0.2) is 6.72 Å². The molecule has 15 heavy (non-hydrogen) atoms. The second kappa shape index (κ2) is 4.05. The average molecular weight is 204 g/mol. The molecule has 0 saturated carbocycles. The quantitative estimate of drug-likeness (QED) is 0.577. The maximum atomic E-state index is 3.72. The molecule has 0 aliphatic heterocycles. The zero-order chi connectivity index (χ0) is 11.6. The molecule has 2 nitrogen and oxygen atoms in total. The van der Waals surface area contributed by atoms with Gasteiger partial charge in [-0.3, -0.25) is 5.43 Å². The Hall–Kier alpha value is -1.31.